The topological polar surface area (TPSA) is 19.4 Å². The average molecular weight is 330 g/mol. The first kappa shape index (κ1) is 16.6. The third-order valence-electron chi connectivity index (χ3n) is 4.89. The van der Waals surface area contributed by atoms with Gasteiger partial charge in [-0.3, -0.25) is 14.8 Å². The Bertz CT molecular complexity index is 596. The van der Waals surface area contributed by atoms with Crippen LogP contribution in [0.3, 0.4) is 0 Å². The fourth-order valence-electron chi connectivity index (χ4n) is 3.38. The average Bonchev–Trinajstić information content (AvgIpc) is 2.82. The second-order valence-corrected chi connectivity index (χ2v) is 7.62. The lowest BCUT2D eigenvalue weighted by Crippen LogP contribution is -2.32. The molecule has 0 bridgehead atoms. The van der Waals surface area contributed by atoms with Crippen LogP contribution in [0.4, 0.5) is 0 Å². The van der Waals surface area contributed by atoms with Crippen molar-refractivity contribution in [1.82, 2.24) is 14.8 Å². The van der Waals surface area contributed by atoms with Gasteiger partial charge in [0.25, 0.3) is 0 Å². The van der Waals surface area contributed by atoms with Crippen molar-refractivity contribution in [3.63, 3.8) is 0 Å². The molecule has 0 spiro atoms. The number of pyridine rings is 1. The fraction of sp³-hybridized carbons (Fsp3) is 0.526. The van der Waals surface area contributed by atoms with Crippen LogP contribution in [-0.4, -0.2) is 41.0 Å². The van der Waals surface area contributed by atoms with Gasteiger partial charge in [-0.2, -0.15) is 0 Å². The molecule has 0 unspecified atom stereocenters. The standard InChI is InChI=1S/C19H27N3S/c1-16-9-13-23-19(16)15-22-11-5-7-18(8-12-22)21(2)14-17-6-3-4-10-20-17/h3-4,6,9-10,13,18H,5,7-8,11-12,14-15H2,1-2H3/t18-/m1/s1. The van der Waals surface area contributed by atoms with Crippen molar-refractivity contribution in [3.8, 4) is 0 Å². The lowest BCUT2D eigenvalue weighted by atomic mass is 10.1. The van der Waals surface area contributed by atoms with Crippen molar-refractivity contribution in [2.24, 2.45) is 0 Å². The van der Waals surface area contributed by atoms with Crippen LogP contribution in [0, 0.1) is 6.92 Å². The van der Waals surface area contributed by atoms with Gasteiger partial charge in [0.1, 0.15) is 0 Å². The molecule has 0 aliphatic carbocycles. The van der Waals surface area contributed by atoms with Crippen LogP contribution in [0.15, 0.2) is 35.8 Å². The van der Waals surface area contributed by atoms with Gasteiger partial charge in [-0.15, -0.1) is 11.3 Å². The summed E-state index contributed by atoms with van der Waals surface area (Å²) >= 11 is 1.90. The highest BCUT2D eigenvalue weighted by Gasteiger charge is 2.21. The van der Waals surface area contributed by atoms with Gasteiger partial charge >= 0.3 is 0 Å². The van der Waals surface area contributed by atoms with Crippen molar-refractivity contribution in [2.75, 3.05) is 20.1 Å². The van der Waals surface area contributed by atoms with Crippen LogP contribution in [0.1, 0.15) is 35.4 Å². The number of likely N-dealkylation sites (tertiary alicyclic amines) is 1. The third-order valence-corrected chi connectivity index (χ3v) is 5.89. The van der Waals surface area contributed by atoms with Crippen LogP contribution in [-0.2, 0) is 13.1 Å². The molecule has 1 atom stereocenters. The molecule has 0 aromatic carbocycles. The highest BCUT2D eigenvalue weighted by Crippen LogP contribution is 2.22. The number of aromatic nitrogens is 1. The van der Waals surface area contributed by atoms with Crippen LogP contribution >= 0.6 is 11.3 Å². The second kappa shape index (κ2) is 8.04. The summed E-state index contributed by atoms with van der Waals surface area (Å²) in [5, 5.41) is 2.21. The summed E-state index contributed by atoms with van der Waals surface area (Å²) in [6.45, 7) is 6.74. The highest BCUT2D eigenvalue weighted by molar-refractivity contribution is 7.10. The maximum absolute atomic E-state index is 4.46. The zero-order valence-electron chi connectivity index (χ0n) is 14.2. The predicted molar refractivity (Wildman–Crippen MR) is 97.7 cm³/mol. The monoisotopic (exact) mass is 329 g/mol. The molecule has 0 amide bonds. The molecule has 1 aliphatic rings. The van der Waals surface area contributed by atoms with E-state index in [1.165, 1.54) is 48.5 Å². The smallest absolute Gasteiger partial charge is 0.0543 e. The molecule has 0 radical (unpaired) electrons. The van der Waals surface area contributed by atoms with Gasteiger partial charge in [-0.25, -0.2) is 0 Å². The number of rotatable bonds is 5. The molecule has 2 aromatic rings. The Balaban J connectivity index is 1.52. The number of thiophene rings is 1. The van der Waals surface area contributed by atoms with Crippen molar-refractivity contribution < 1.29 is 0 Å². The Morgan fingerprint density at radius 3 is 2.91 bits per heavy atom. The van der Waals surface area contributed by atoms with E-state index >= 15 is 0 Å². The SMILES string of the molecule is Cc1ccsc1CN1CCC[C@@H](N(C)Cc2ccccn2)CC1. The minimum atomic E-state index is 0.673. The Morgan fingerprint density at radius 1 is 1.26 bits per heavy atom. The summed E-state index contributed by atoms with van der Waals surface area (Å²) in [6, 6.07) is 9.10. The second-order valence-electron chi connectivity index (χ2n) is 6.62. The Morgan fingerprint density at radius 2 is 2.17 bits per heavy atom. The first-order valence-corrected chi connectivity index (χ1v) is 9.46. The molecule has 0 saturated carbocycles. The molecule has 23 heavy (non-hydrogen) atoms. The number of hydrogen-bond donors (Lipinski definition) is 0. The molecule has 1 saturated heterocycles. The molecule has 2 aromatic heterocycles. The van der Waals surface area contributed by atoms with E-state index in [0.29, 0.717) is 6.04 Å². The van der Waals surface area contributed by atoms with Crippen LogP contribution in [0.2, 0.25) is 0 Å². The van der Waals surface area contributed by atoms with E-state index in [1.807, 2.05) is 23.6 Å². The van der Waals surface area contributed by atoms with Crippen LogP contribution in [0.5, 0.6) is 0 Å². The summed E-state index contributed by atoms with van der Waals surface area (Å²) in [4.78, 5) is 11.1. The van der Waals surface area contributed by atoms with Crippen molar-refractivity contribution in [1.29, 1.82) is 0 Å². The summed E-state index contributed by atoms with van der Waals surface area (Å²) in [7, 11) is 2.25. The molecule has 3 heterocycles. The normalized spacial score (nSPS) is 19.9. The molecular formula is C19H27N3S. The summed E-state index contributed by atoms with van der Waals surface area (Å²) in [5.41, 5.74) is 2.62. The van der Waals surface area contributed by atoms with Gasteiger partial charge in [0.15, 0.2) is 0 Å². The van der Waals surface area contributed by atoms with Gasteiger partial charge in [0, 0.05) is 36.8 Å². The van der Waals surface area contributed by atoms with Crippen molar-refractivity contribution >= 4 is 11.3 Å². The lowest BCUT2D eigenvalue weighted by molar-refractivity contribution is 0.204. The summed E-state index contributed by atoms with van der Waals surface area (Å²) in [6.07, 6.45) is 5.74. The Hall–Kier alpha value is -1.23. The number of aryl methyl sites for hydroxylation is 1. The van der Waals surface area contributed by atoms with E-state index in [1.54, 1.807) is 0 Å². The predicted octanol–water partition coefficient (Wildman–Crippen LogP) is 3.94. The van der Waals surface area contributed by atoms with E-state index in [9.17, 15) is 0 Å². The van der Waals surface area contributed by atoms with E-state index < -0.39 is 0 Å². The van der Waals surface area contributed by atoms with E-state index in [2.05, 4.69) is 52.3 Å². The van der Waals surface area contributed by atoms with Gasteiger partial charge in [0.2, 0.25) is 0 Å². The number of nitrogens with zero attached hydrogens (tertiary/aromatic N) is 3. The van der Waals surface area contributed by atoms with Crippen molar-refractivity contribution in [2.45, 2.75) is 45.3 Å². The maximum atomic E-state index is 4.46. The molecule has 1 fully saturated rings. The van der Waals surface area contributed by atoms with Crippen LogP contribution in [0.25, 0.3) is 0 Å². The summed E-state index contributed by atoms with van der Waals surface area (Å²) in [5.74, 6) is 0. The Kier molecular flexibility index (Phi) is 5.81. The first-order chi connectivity index (χ1) is 11.2. The largest absolute Gasteiger partial charge is 0.298 e. The van der Waals surface area contributed by atoms with Crippen molar-refractivity contribution in [3.05, 3.63) is 52.0 Å². The number of hydrogen-bond acceptors (Lipinski definition) is 4. The molecule has 1 aliphatic heterocycles. The van der Waals surface area contributed by atoms with E-state index in [-0.39, 0.29) is 0 Å². The highest BCUT2D eigenvalue weighted by atomic mass is 32.1. The maximum Gasteiger partial charge on any atom is 0.0543 e. The van der Waals surface area contributed by atoms with Crippen LogP contribution < -0.4 is 0 Å². The quantitative estimate of drug-likeness (QED) is 0.828. The van der Waals surface area contributed by atoms with E-state index in [4.69, 9.17) is 0 Å². The van der Waals surface area contributed by atoms with E-state index in [0.717, 1.165) is 13.1 Å². The first-order valence-electron chi connectivity index (χ1n) is 8.58. The minimum Gasteiger partial charge on any atom is -0.298 e. The Labute approximate surface area is 144 Å². The van der Waals surface area contributed by atoms with Gasteiger partial charge in [-0.1, -0.05) is 6.07 Å². The molecule has 4 heteroatoms. The van der Waals surface area contributed by atoms with Gasteiger partial charge in [0.05, 0.1) is 5.69 Å². The third kappa shape index (κ3) is 4.63. The molecule has 0 N–H and O–H groups in total. The zero-order valence-corrected chi connectivity index (χ0v) is 15.1. The van der Waals surface area contributed by atoms with Gasteiger partial charge < -0.3 is 0 Å². The molecular weight excluding hydrogens is 302 g/mol. The zero-order chi connectivity index (χ0) is 16.1. The fourth-order valence-corrected chi connectivity index (χ4v) is 4.33. The lowest BCUT2D eigenvalue weighted by Gasteiger charge is -2.27. The molecule has 3 nitrogen and oxygen atoms in total. The summed E-state index contributed by atoms with van der Waals surface area (Å²) < 4.78 is 0. The molecule has 124 valence electrons. The minimum absolute atomic E-state index is 0.673. The van der Waals surface area contributed by atoms with Gasteiger partial charge in [-0.05, 0) is 68.9 Å². The molecule has 3 rings (SSSR count).